The van der Waals surface area contributed by atoms with E-state index in [1.54, 1.807) is 18.2 Å². The SMILES string of the molecule is Cc1cccc(OCC(=O)NNS(=O)(=O)c2ccc(Cl)s2)c1. The number of nitrogens with one attached hydrogen (secondary N) is 2. The van der Waals surface area contributed by atoms with Crippen molar-refractivity contribution in [2.24, 2.45) is 0 Å². The van der Waals surface area contributed by atoms with Crippen LogP contribution in [0.25, 0.3) is 0 Å². The molecule has 118 valence electrons. The molecular formula is C13H13ClN2O4S2. The number of sulfonamides is 1. The molecule has 1 aromatic heterocycles. The number of amides is 1. The molecule has 0 aliphatic rings. The lowest BCUT2D eigenvalue weighted by Gasteiger charge is -2.08. The summed E-state index contributed by atoms with van der Waals surface area (Å²) in [5, 5.41) is 0. The summed E-state index contributed by atoms with van der Waals surface area (Å²) in [5.74, 6) is -0.0872. The molecule has 0 aliphatic heterocycles. The largest absolute Gasteiger partial charge is 0.484 e. The van der Waals surface area contributed by atoms with Crippen molar-refractivity contribution >= 4 is 38.9 Å². The van der Waals surface area contributed by atoms with Crippen molar-refractivity contribution in [2.75, 3.05) is 6.61 Å². The Kier molecular flexibility index (Phi) is 5.41. The number of benzene rings is 1. The van der Waals surface area contributed by atoms with Crippen molar-refractivity contribution in [3.05, 3.63) is 46.3 Å². The fourth-order valence-corrected chi connectivity index (χ4v) is 3.85. The summed E-state index contributed by atoms with van der Waals surface area (Å²) in [5.41, 5.74) is 3.07. The highest BCUT2D eigenvalue weighted by Gasteiger charge is 2.17. The minimum Gasteiger partial charge on any atom is -0.484 e. The number of carbonyl (C=O) groups is 1. The molecule has 6 nitrogen and oxygen atoms in total. The Morgan fingerprint density at radius 3 is 2.73 bits per heavy atom. The summed E-state index contributed by atoms with van der Waals surface area (Å²) in [7, 11) is -3.83. The fourth-order valence-electron chi connectivity index (χ4n) is 1.51. The highest BCUT2D eigenvalue weighted by molar-refractivity contribution is 7.91. The highest BCUT2D eigenvalue weighted by Crippen LogP contribution is 2.24. The smallest absolute Gasteiger partial charge is 0.272 e. The number of hydrogen-bond donors (Lipinski definition) is 2. The van der Waals surface area contributed by atoms with Crippen LogP contribution in [-0.2, 0) is 14.8 Å². The maximum Gasteiger partial charge on any atom is 0.272 e. The fraction of sp³-hybridized carbons (Fsp3) is 0.154. The summed E-state index contributed by atoms with van der Waals surface area (Å²) < 4.78 is 29.3. The highest BCUT2D eigenvalue weighted by atomic mass is 35.5. The molecule has 0 bridgehead atoms. The van der Waals surface area contributed by atoms with Crippen LogP contribution < -0.4 is 15.0 Å². The molecule has 0 saturated carbocycles. The van der Waals surface area contributed by atoms with E-state index in [1.807, 2.05) is 17.8 Å². The maximum absolute atomic E-state index is 11.9. The molecule has 0 spiro atoms. The number of aryl methyl sites for hydroxylation is 1. The van der Waals surface area contributed by atoms with Gasteiger partial charge in [0.15, 0.2) is 6.61 Å². The molecule has 2 rings (SSSR count). The lowest BCUT2D eigenvalue weighted by molar-refractivity contribution is -0.123. The second kappa shape index (κ2) is 7.10. The molecule has 1 heterocycles. The molecule has 0 atom stereocenters. The number of halogens is 1. The first-order valence-corrected chi connectivity index (χ1v) is 8.80. The normalized spacial score (nSPS) is 11.2. The molecule has 0 aliphatic carbocycles. The lowest BCUT2D eigenvalue weighted by atomic mass is 10.2. The number of hydrogen-bond acceptors (Lipinski definition) is 5. The third-order valence-electron chi connectivity index (χ3n) is 2.50. The lowest BCUT2D eigenvalue weighted by Crippen LogP contribution is -2.43. The van der Waals surface area contributed by atoms with Gasteiger partial charge in [-0.05, 0) is 36.8 Å². The monoisotopic (exact) mass is 360 g/mol. The van der Waals surface area contributed by atoms with Gasteiger partial charge in [0, 0.05) is 0 Å². The average molecular weight is 361 g/mol. The van der Waals surface area contributed by atoms with Gasteiger partial charge in [-0.3, -0.25) is 10.2 Å². The van der Waals surface area contributed by atoms with Crippen LogP contribution in [0.5, 0.6) is 5.75 Å². The predicted octanol–water partition coefficient (Wildman–Crippen LogP) is 2.10. The Balaban J connectivity index is 1.85. The molecule has 1 aromatic carbocycles. The van der Waals surface area contributed by atoms with Gasteiger partial charge >= 0.3 is 0 Å². The molecule has 9 heteroatoms. The van der Waals surface area contributed by atoms with Gasteiger partial charge in [0.05, 0.1) is 4.34 Å². The Morgan fingerprint density at radius 2 is 2.09 bits per heavy atom. The zero-order valence-electron chi connectivity index (χ0n) is 11.5. The van der Waals surface area contributed by atoms with Crippen LogP contribution in [0.4, 0.5) is 0 Å². The van der Waals surface area contributed by atoms with Crippen LogP contribution in [0, 0.1) is 6.92 Å². The zero-order valence-corrected chi connectivity index (χ0v) is 13.9. The predicted molar refractivity (Wildman–Crippen MR) is 84.5 cm³/mol. The quantitative estimate of drug-likeness (QED) is 0.772. The molecular weight excluding hydrogens is 348 g/mol. The van der Waals surface area contributed by atoms with Gasteiger partial charge in [0.2, 0.25) is 0 Å². The van der Waals surface area contributed by atoms with E-state index >= 15 is 0 Å². The number of rotatable bonds is 6. The van der Waals surface area contributed by atoms with E-state index in [9.17, 15) is 13.2 Å². The summed E-state index contributed by atoms with van der Waals surface area (Å²) in [4.78, 5) is 13.6. The van der Waals surface area contributed by atoms with Crippen LogP contribution >= 0.6 is 22.9 Å². The Bertz CT molecular complexity index is 774. The Morgan fingerprint density at radius 1 is 1.32 bits per heavy atom. The molecule has 2 N–H and O–H groups in total. The van der Waals surface area contributed by atoms with Crippen molar-refractivity contribution in [3.8, 4) is 5.75 Å². The molecule has 1 amide bonds. The standard InChI is InChI=1S/C13H13ClN2O4S2/c1-9-3-2-4-10(7-9)20-8-12(17)15-16-22(18,19)13-6-5-11(14)21-13/h2-7,16H,8H2,1H3,(H,15,17). The maximum atomic E-state index is 11.9. The van der Waals surface area contributed by atoms with Crippen LogP contribution in [0.3, 0.4) is 0 Å². The van der Waals surface area contributed by atoms with Crippen molar-refractivity contribution in [2.45, 2.75) is 11.1 Å². The van der Waals surface area contributed by atoms with E-state index < -0.39 is 15.9 Å². The van der Waals surface area contributed by atoms with Crippen LogP contribution in [0.1, 0.15) is 5.56 Å². The topological polar surface area (TPSA) is 84.5 Å². The molecule has 22 heavy (non-hydrogen) atoms. The third kappa shape index (κ3) is 4.70. The second-order valence-corrected chi connectivity index (χ2v) is 7.94. The molecule has 2 aromatic rings. The van der Waals surface area contributed by atoms with Crippen LogP contribution in [0.15, 0.2) is 40.6 Å². The van der Waals surface area contributed by atoms with Gasteiger partial charge in [-0.1, -0.05) is 23.7 Å². The van der Waals surface area contributed by atoms with Gasteiger partial charge in [-0.25, -0.2) is 8.42 Å². The van der Waals surface area contributed by atoms with Gasteiger partial charge in [-0.15, -0.1) is 16.2 Å². The van der Waals surface area contributed by atoms with Crippen molar-refractivity contribution in [3.63, 3.8) is 0 Å². The zero-order chi connectivity index (χ0) is 16.2. The first kappa shape index (κ1) is 16.8. The summed E-state index contributed by atoms with van der Waals surface area (Å²) in [6.45, 7) is 1.59. The van der Waals surface area contributed by atoms with Gasteiger partial charge in [0.1, 0.15) is 9.96 Å². The van der Waals surface area contributed by atoms with E-state index in [-0.39, 0.29) is 10.8 Å². The Hall–Kier alpha value is -1.61. The Labute approximate surface area is 137 Å². The second-order valence-electron chi connectivity index (χ2n) is 4.32. The van der Waals surface area contributed by atoms with Gasteiger partial charge in [-0.2, -0.15) is 0 Å². The summed E-state index contributed by atoms with van der Waals surface area (Å²) >= 11 is 6.57. The number of ether oxygens (including phenoxy) is 1. The molecule has 0 unspecified atom stereocenters. The molecule has 0 saturated heterocycles. The van der Waals surface area contributed by atoms with Crippen LogP contribution in [0.2, 0.25) is 4.34 Å². The first-order valence-electron chi connectivity index (χ1n) is 6.12. The summed E-state index contributed by atoms with van der Waals surface area (Å²) in [6, 6.07) is 9.98. The molecule has 0 fully saturated rings. The minimum atomic E-state index is -3.83. The third-order valence-corrected chi connectivity index (χ3v) is 5.47. The van der Waals surface area contributed by atoms with Gasteiger partial charge in [0.25, 0.3) is 15.9 Å². The minimum absolute atomic E-state index is 0.0115. The number of carbonyl (C=O) groups excluding carboxylic acids is 1. The van der Waals surface area contributed by atoms with Crippen molar-refractivity contribution in [1.82, 2.24) is 10.3 Å². The van der Waals surface area contributed by atoms with E-state index in [0.29, 0.717) is 10.1 Å². The first-order chi connectivity index (χ1) is 10.4. The van der Waals surface area contributed by atoms with E-state index in [2.05, 4.69) is 5.43 Å². The van der Waals surface area contributed by atoms with E-state index in [0.717, 1.165) is 16.9 Å². The van der Waals surface area contributed by atoms with Crippen molar-refractivity contribution < 1.29 is 17.9 Å². The van der Waals surface area contributed by atoms with E-state index in [1.165, 1.54) is 12.1 Å². The summed E-state index contributed by atoms with van der Waals surface area (Å²) in [6.07, 6.45) is 0. The van der Waals surface area contributed by atoms with Crippen LogP contribution in [-0.4, -0.2) is 20.9 Å². The van der Waals surface area contributed by atoms with Gasteiger partial charge < -0.3 is 4.74 Å². The number of hydrazine groups is 1. The van der Waals surface area contributed by atoms with Crippen molar-refractivity contribution in [1.29, 1.82) is 0 Å². The average Bonchev–Trinajstić information content (AvgIpc) is 2.91. The molecule has 0 radical (unpaired) electrons. The van der Waals surface area contributed by atoms with E-state index in [4.69, 9.17) is 16.3 Å². The number of thiophene rings is 1.